The average Bonchev–Trinajstić information content (AvgIpc) is 2.66. The van der Waals surface area contributed by atoms with Crippen molar-refractivity contribution < 1.29 is 0 Å². The fourth-order valence-corrected chi connectivity index (χ4v) is 2.38. The predicted molar refractivity (Wildman–Crippen MR) is 67.6 cm³/mol. The molecule has 0 unspecified atom stereocenters. The van der Waals surface area contributed by atoms with Crippen molar-refractivity contribution in [3.63, 3.8) is 0 Å². The standard InChI is InChI=1S/C15H14N/c1-12-11-13-7-5-6-10-15(13)16(12)14-8-3-2-4-9-14/h2-10H,11H2,1H3. The smallest absolute Gasteiger partial charge is 0.0699 e. The number of hydrogen-bond donors (Lipinski definition) is 0. The maximum atomic E-state index is 2.34. The molecule has 0 atom stereocenters. The Morgan fingerprint density at radius 2 is 1.56 bits per heavy atom. The molecule has 0 aromatic heterocycles. The highest BCUT2D eigenvalue weighted by atomic mass is 15.2. The number of para-hydroxylation sites is 2. The summed E-state index contributed by atoms with van der Waals surface area (Å²) >= 11 is 0. The van der Waals surface area contributed by atoms with E-state index in [1.54, 1.807) is 0 Å². The fraction of sp³-hybridized carbons (Fsp3) is 0.133. The van der Waals surface area contributed by atoms with E-state index < -0.39 is 0 Å². The van der Waals surface area contributed by atoms with Gasteiger partial charge in [0.25, 0.3) is 0 Å². The molecule has 0 N–H and O–H groups in total. The van der Waals surface area contributed by atoms with Gasteiger partial charge < -0.3 is 4.90 Å². The predicted octanol–water partition coefficient (Wildman–Crippen LogP) is 3.93. The number of anilines is 2. The van der Waals surface area contributed by atoms with Gasteiger partial charge in [-0.3, -0.25) is 0 Å². The normalized spacial score (nSPS) is 15.2. The Morgan fingerprint density at radius 3 is 2.38 bits per heavy atom. The van der Waals surface area contributed by atoms with Gasteiger partial charge in [0.15, 0.2) is 0 Å². The van der Waals surface area contributed by atoms with Crippen LogP contribution >= 0.6 is 0 Å². The highest BCUT2D eigenvalue weighted by Gasteiger charge is 2.26. The first-order chi connectivity index (χ1) is 7.86. The lowest BCUT2D eigenvalue weighted by Gasteiger charge is -2.24. The van der Waals surface area contributed by atoms with Gasteiger partial charge in [-0.05, 0) is 30.7 Å². The van der Waals surface area contributed by atoms with E-state index in [0.29, 0.717) is 0 Å². The van der Waals surface area contributed by atoms with Gasteiger partial charge >= 0.3 is 0 Å². The van der Waals surface area contributed by atoms with Crippen molar-refractivity contribution in [2.24, 2.45) is 0 Å². The number of hydrogen-bond acceptors (Lipinski definition) is 1. The molecule has 2 aromatic rings. The Morgan fingerprint density at radius 1 is 0.875 bits per heavy atom. The maximum Gasteiger partial charge on any atom is 0.0699 e. The van der Waals surface area contributed by atoms with Crippen molar-refractivity contribution in [1.82, 2.24) is 0 Å². The first-order valence-corrected chi connectivity index (χ1v) is 5.62. The van der Waals surface area contributed by atoms with Crippen LogP contribution in [-0.2, 0) is 6.42 Å². The molecule has 0 aliphatic carbocycles. The summed E-state index contributed by atoms with van der Waals surface area (Å²) in [4.78, 5) is 2.34. The summed E-state index contributed by atoms with van der Waals surface area (Å²) in [6, 6.07) is 20.6. The van der Waals surface area contributed by atoms with Gasteiger partial charge in [-0.1, -0.05) is 36.4 Å². The third-order valence-corrected chi connectivity index (χ3v) is 3.07. The number of benzene rings is 2. The average molecular weight is 208 g/mol. The van der Waals surface area contributed by atoms with Crippen molar-refractivity contribution in [3.8, 4) is 0 Å². The summed E-state index contributed by atoms with van der Waals surface area (Å²) in [5.41, 5.74) is 4.00. The van der Waals surface area contributed by atoms with Gasteiger partial charge in [0.05, 0.1) is 6.04 Å². The zero-order chi connectivity index (χ0) is 11.0. The molecule has 1 aliphatic heterocycles. The second-order valence-corrected chi connectivity index (χ2v) is 4.21. The second-order valence-electron chi connectivity index (χ2n) is 4.21. The maximum absolute atomic E-state index is 2.34. The van der Waals surface area contributed by atoms with Crippen LogP contribution in [-0.4, -0.2) is 0 Å². The molecule has 1 radical (unpaired) electrons. The van der Waals surface area contributed by atoms with Crippen LogP contribution in [0.4, 0.5) is 11.4 Å². The quantitative estimate of drug-likeness (QED) is 0.686. The van der Waals surface area contributed by atoms with Crippen LogP contribution in [0.3, 0.4) is 0 Å². The van der Waals surface area contributed by atoms with Crippen LogP contribution in [0, 0.1) is 6.04 Å². The van der Waals surface area contributed by atoms with Crippen LogP contribution < -0.4 is 4.90 Å². The van der Waals surface area contributed by atoms with Gasteiger partial charge in [-0.15, -0.1) is 0 Å². The van der Waals surface area contributed by atoms with Gasteiger partial charge in [-0.2, -0.15) is 0 Å². The van der Waals surface area contributed by atoms with Crippen LogP contribution in [0.1, 0.15) is 12.5 Å². The minimum Gasteiger partial charge on any atom is -0.333 e. The molecule has 2 aromatic carbocycles. The van der Waals surface area contributed by atoms with Crippen molar-refractivity contribution >= 4 is 11.4 Å². The van der Waals surface area contributed by atoms with Crippen LogP contribution in [0.25, 0.3) is 0 Å². The lowest BCUT2D eigenvalue weighted by atomic mass is 10.1. The molecule has 0 bridgehead atoms. The summed E-state index contributed by atoms with van der Waals surface area (Å²) in [6.07, 6.45) is 1.06. The Bertz CT molecular complexity index is 490. The van der Waals surface area contributed by atoms with E-state index in [2.05, 4.69) is 66.4 Å². The molecule has 16 heavy (non-hydrogen) atoms. The molecule has 0 amide bonds. The van der Waals surface area contributed by atoms with Gasteiger partial charge in [0.2, 0.25) is 0 Å². The van der Waals surface area contributed by atoms with E-state index in [0.717, 1.165) is 6.42 Å². The van der Waals surface area contributed by atoms with E-state index in [4.69, 9.17) is 0 Å². The third-order valence-electron chi connectivity index (χ3n) is 3.07. The van der Waals surface area contributed by atoms with Gasteiger partial charge in [-0.25, -0.2) is 0 Å². The summed E-state index contributed by atoms with van der Waals surface area (Å²) in [5, 5.41) is 0. The van der Waals surface area contributed by atoms with E-state index in [-0.39, 0.29) is 0 Å². The Labute approximate surface area is 96.3 Å². The third kappa shape index (κ3) is 1.40. The molecule has 1 nitrogen and oxygen atoms in total. The fourth-order valence-electron chi connectivity index (χ4n) is 2.38. The molecule has 1 heteroatoms. The monoisotopic (exact) mass is 208 g/mol. The molecule has 1 aliphatic rings. The second kappa shape index (κ2) is 3.67. The minimum absolute atomic E-state index is 1.06. The summed E-state index contributed by atoms with van der Waals surface area (Å²) in [6.45, 7) is 2.20. The number of fused-ring (bicyclic) bond motifs is 1. The lowest BCUT2D eigenvalue weighted by molar-refractivity contribution is 0.944. The minimum atomic E-state index is 1.06. The van der Waals surface area contributed by atoms with E-state index >= 15 is 0 Å². The van der Waals surface area contributed by atoms with E-state index in [1.165, 1.54) is 23.0 Å². The van der Waals surface area contributed by atoms with E-state index in [9.17, 15) is 0 Å². The number of rotatable bonds is 1. The number of nitrogens with zero attached hydrogens (tertiary/aromatic N) is 1. The highest BCUT2D eigenvalue weighted by Crippen LogP contribution is 2.41. The molecular weight excluding hydrogens is 194 g/mol. The Kier molecular flexibility index (Phi) is 2.17. The molecule has 79 valence electrons. The molecule has 1 heterocycles. The topological polar surface area (TPSA) is 3.24 Å². The van der Waals surface area contributed by atoms with Crippen molar-refractivity contribution in [1.29, 1.82) is 0 Å². The van der Waals surface area contributed by atoms with Gasteiger partial charge in [0.1, 0.15) is 0 Å². The van der Waals surface area contributed by atoms with Crippen molar-refractivity contribution in [2.75, 3.05) is 4.90 Å². The Hall–Kier alpha value is -1.76. The van der Waals surface area contributed by atoms with Crippen LogP contribution in [0.2, 0.25) is 0 Å². The summed E-state index contributed by atoms with van der Waals surface area (Å²) in [7, 11) is 0. The zero-order valence-electron chi connectivity index (χ0n) is 9.35. The van der Waals surface area contributed by atoms with E-state index in [1.807, 2.05) is 0 Å². The Balaban J connectivity index is 2.09. The first-order valence-electron chi connectivity index (χ1n) is 5.62. The lowest BCUT2D eigenvalue weighted by Crippen LogP contribution is -2.16. The van der Waals surface area contributed by atoms with Gasteiger partial charge in [0, 0.05) is 17.8 Å². The first kappa shape index (κ1) is 9.46. The molecule has 3 rings (SSSR count). The molecule has 0 saturated heterocycles. The van der Waals surface area contributed by atoms with Crippen molar-refractivity contribution in [2.45, 2.75) is 13.3 Å². The summed E-state index contributed by atoms with van der Waals surface area (Å²) < 4.78 is 0. The molecule has 0 saturated carbocycles. The SMILES string of the molecule is C[C]1Cc2ccccc2N1c1ccccc1. The summed E-state index contributed by atoms with van der Waals surface area (Å²) in [5.74, 6) is 0. The largest absolute Gasteiger partial charge is 0.333 e. The molecule has 0 spiro atoms. The van der Waals surface area contributed by atoms with Crippen LogP contribution in [0.5, 0.6) is 0 Å². The molecule has 0 fully saturated rings. The zero-order valence-corrected chi connectivity index (χ0v) is 9.35. The van der Waals surface area contributed by atoms with Crippen LogP contribution in [0.15, 0.2) is 54.6 Å². The highest BCUT2D eigenvalue weighted by molar-refractivity contribution is 5.73. The molecular formula is C15H14N. The van der Waals surface area contributed by atoms with Crippen molar-refractivity contribution in [3.05, 3.63) is 66.2 Å².